The monoisotopic (exact) mass is 253 g/mol. The molecule has 1 N–H and O–H groups in total. The summed E-state index contributed by atoms with van der Waals surface area (Å²) in [6, 6.07) is 1.63. The smallest absolute Gasteiger partial charge is 0.383 e. The van der Waals surface area contributed by atoms with E-state index in [1.807, 2.05) is 0 Å². The first-order valence-corrected chi connectivity index (χ1v) is 4.97. The maximum atomic E-state index is 12.2. The van der Waals surface area contributed by atoms with Gasteiger partial charge in [0, 0.05) is 12.1 Å². The first-order valence-electron chi connectivity index (χ1n) is 4.59. The fourth-order valence-electron chi connectivity index (χ4n) is 1.37. The van der Waals surface area contributed by atoms with E-state index in [1.54, 1.807) is 19.9 Å². The number of hydrogen-bond acceptors (Lipinski definition) is 2. The standard InChI is InChI=1S/C10H11ClF3NO/c1-5-3-6(2)15-9(11)7(5)4-8(16)10(12,13)14/h3,8,16H,4H2,1-2H3. The molecule has 0 amide bonds. The highest BCUT2D eigenvalue weighted by atomic mass is 35.5. The predicted octanol–water partition coefficient (Wildman–Crippen LogP) is 2.82. The number of pyridine rings is 1. The molecule has 6 heteroatoms. The van der Waals surface area contributed by atoms with Gasteiger partial charge in [-0.05, 0) is 31.0 Å². The maximum absolute atomic E-state index is 12.2. The van der Waals surface area contributed by atoms with Crippen molar-refractivity contribution in [1.82, 2.24) is 4.98 Å². The molecule has 0 bridgehead atoms. The van der Waals surface area contributed by atoms with Crippen molar-refractivity contribution < 1.29 is 18.3 Å². The average molecular weight is 254 g/mol. The highest BCUT2D eigenvalue weighted by Crippen LogP contribution is 2.27. The highest BCUT2D eigenvalue weighted by molar-refractivity contribution is 6.30. The van der Waals surface area contributed by atoms with Gasteiger partial charge in [0.05, 0.1) is 0 Å². The van der Waals surface area contributed by atoms with Crippen LogP contribution in [0, 0.1) is 13.8 Å². The molecule has 1 unspecified atom stereocenters. The van der Waals surface area contributed by atoms with Gasteiger partial charge in [-0.3, -0.25) is 0 Å². The van der Waals surface area contributed by atoms with Crippen molar-refractivity contribution in [2.24, 2.45) is 0 Å². The molecule has 1 atom stereocenters. The van der Waals surface area contributed by atoms with Crippen molar-refractivity contribution in [3.63, 3.8) is 0 Å². The second kappa shape index (κ2) is 4.59. The van der Waals surface area contributed by atoms with Crippen molar-refractivity contribution in [2.75, 3.05) is 0 Å². The molecule has 1 aromatic heterocycles. The minimum Gasteiger partial charge on any atom is -0.383 e. The molecular weight excluding hydrogens is 243 g/mol. The highest BCUT2D eigenvalue weighted by Gasteiger charge is 2.38. The largest absolute Gasteiger partial charge is 0.414 e. The predicted molar refractivity (Wildman–Crippen MR) is 54.5 cm³/mol. The lowest BCUT2D eigenvalue weighted by atomic mass is 10.0. The molecule has 0 saturated carbocycles. The van der Waals surface area contributed by atoms with E-state index in [4.69, 9.17) is 16.7 Å². The molecular formula is C10H11ClF3NO. The number of hydrogen-bond donors (Lipinski definition) is 1. The number of aliphatic hydroxyl groups is 1. The zero-order valence-electron chi connectivity index (χ0n) is 8.77. The van der Waals surface area contributed by atoms with Gasteiger partial charge in [0.25, 0.3) is 0 Å². The van der Waals surface area contributed by atoms with E-state index >= 15 is 0 Å². The zero-order valence-corrected chi connectivity index (χ0v) is 9.52. The molecule has 0 saturated heterocycles. The Morgan fingerprint density at radius 1 is 1.44 bits per heavy atom. The minimum atomic E-state index is -4.64. The Labute approximate surface area is 96.1 Å². The van der Waals surface area contributed by atoms with E-state index in [2.05, 4.69) is 4.98 Å². The van der Waals surface area contributed by atoms with Gasteiger partial charge in [-0.1, -0.05) is 11.6 Å². The Morgan fingerprint density at radius 2 is 2.00 bits per heavy atom. The van der Waals surface area contributed by atoms with E-state index in [9.17, 15) is 13.2 Å². The van der Waals surface area contributed by atoms with Crippen LogP contribution in [0.15, 0.2) is 6.07 Å². The molecule has 0 spiro atoms. The molecule has 0 aromatic carbocycles. The first-order chi connectivity index (χ1) is 7.21. The van der Waals surface area contributed by atoms with Gasteiger partial charge >= 0.3 is 6.18 Å². The fourth-order valence-corrected chi connectivity index (χ4v) is 1.73. The number of alkyl halides is 3. The van der Waals surface area contributed by atoms with Crippen LogP contribution >= 0.6 is 11.6 Å². The lowest BCUT2D eigenvalue weighted by Crippen LogP contribution is -2.31. The number of aromatic nitrogens is 1. The summed E-state index contributed by atoms with van der Waals surface area (Å²) in [5.41, 5.74) is 1.46. The van der Waals surface area contributed by atoms with Crippen molar-refractivity contribution >= 4 is 11.6 Å². The molecule has 1 aromatic rings. The van der Waals surface area contributed by atoms with Crippen LogP contribution in [-0.4, -0.2) is 22.4 Å². The summed E-state index contributed by atoms with van der Waals surface area (Å²) in [4.78, 5) is 3.86. The molecule has 0 radical (unpaired) electrons. The van der Waals surface area contributed by atoms with Gasteiger partial charge in [0.15, 0.2) is 6.10 Å². The summed E-state index contributed by atoms with van der Waals surface area (Å²) in [7, 11) is 0. The number of rotatable bonds is 2. The third-order valence-electron chi connectivity index (χ3n) is 2.20. The van der Waals surface area contributed by atoms with E-state index in [-0.39, 0.29) is 10.7 Å². The second-order valence-corrected chi connectivity index (χ2v) is 3.97. The number of halogens is 4. The quantitative estimate of drug-likeness (QED) is 0.822. The second-order valence-electron chi connectivity index (χ2n) is 3.61. The SMILES string of the molecule is Cc1cc(C)c(CC(O)C(F)(F)F)c(Cl)n1. The van der Waals surface area contributed by atoms with E-state index < -0.39 is 18.7 Å². The molecule has 16 heavy (non-hydrogen) atoms. The van der Waals surface area contributed by atoms with Gasteiger partial charge < -0.3 is 5.11 Å². The molecule has 1 heterocycles. The average Bonchev–Trinajstić information content (AvgIpc) is 2.08. The summed E-state index contributed by atoms with van der Waals surface area (Å²) in [5.74, 6) is 0. The summed E-state index contributed by atoms with van der Waals surface area (Å²) < 4.78 is 36.5. The summed E-state index contributed by atoms with van der Waals surface area (Å²) in [6.45, 7) is 3.34. The van der Waals surface area contributed by atoms with Crippen molar-refractivity contribution in [3.8, 4) is 0 Å². The van der Waals surface area contributed by atoms with Crippen LogP contribution in [0.25, 0.3) is 0 Å². The lowest BCUT2D eigenvalue weighted by Gasteiger charge is -2.16. The van der Waals surface area contributed by atoms with Crippen molar-refractivity contribution in [3.05, 3.63) is 28.0 Å². The minimum absolute atomic E-state index is 0.0146. The third kappa shape index (κ3) is 3.09. The van der Waals surface area contributed by atoms with E-state index in [0.29, 0.717) is 11.3 Å². The molecule has 0 aliphatic heterocycles. The molecule has 0 fully saturated rings. The maximum Gasteiger partial charge on any atom is 0.414 e. The van der Waals surface area contributed by atoms with Crippen LogP contribution in [0.2, 0.25) is 5.15 Å². The van der Waals surface area contributed by atoms with Gasteiger partial charge in [-0.25, -0.2) is 4.98 Å². The number of aliphatic hydroxyl groups excluding tert-OH is 1. The van der Waals surface area contributed by atoms with Gasteiger partial charge in [0.1, 0.15) is 5.15 Å². The van der Waals surface area contributed by atoms with Crippen LogP contribution in [-0.2, 0) is 6.42 Å². The number of aryl methyl sites for hydroxylation is 2. The molecule has 2 nitrogen and oxygen atoms in total. The Kier molecular flexibility index (Phi) is 3.80. The van der Waals surface area contributed by atoms with Gasteiger partial charge in [-0.15, -0.1) is 0 Å². The molecule has 0 aliphatic carbocycles. The van der Waals surface area contributed by atoms with Gasteiger partial charge in [-0.2, -0.15) is 13.2 Å². The van der Waals surface area contributed by atoms with Gasteiger partial charge in [0.2, 0.25) is 0 Å². The van der Waals surface area contributed by atoms with Crippen LogP contribution in [0.1, 0.15) is 16.8 Å². The van der Waals surface area contributed by atoms with E-state index in [1.165, 1.54) is 0 Å². The van der Waals surface area contributed by atoms with Crippen molar-refractivity contribution in [1.29, 1.82) is 0 Å². The van der Waals surface area contributed by atoms with E-state index in [0.717, 1.165) is 0 Å². The third-order valence-corrected chi connectivity index (χ3v) is 2.51. The Bertz CT molecular complexity index is 369. The summed E-state index contributed by atoms with van der Waals surface area (Å²) in [5, 5.41) is 8.96. The van der Waals surface area contributed by atoms with Crippen LogP contribution < -0.4 is 0 Å². The van der Waals surface area contributed by atoms with Crippen LogP contribution in [0.4, 0.5) is 13.2 Å². The van der Waals surface area contributed by atoms with Crippen LogP contribution in [0.3, 0.4) is 0 Å². The normalized spacial score (nSPS) is 13.9. The Morgan fingerprint density at radius 3 is 2.44 bits per heavy atom. The topological polar surface area (TPSA) is 33.1 Å². The zero-order chi connectivity index (χ0) is 12.5. The molecule has 1 rings (SSSR count). The fraction of sp³-hybridized carbons (Fsp3) is 0.500. The number of nitrogens with zero attached hydrogens (tertiary/aromatic N) is 1. The Hall–Kier alpha value is -0.810. The summed E-state index contributed by atoms with van der Waals surface area (Å²) in [6.07, 6.45) is -7.62. The molecule has 90 valence electrons. The Balaban J connectivity index is 2.98. The van der Waals surface area contributed by atoms with Crippen LogP contribution in [0.5, 0.6) is 0 Å². The van der Waals surface area contributed by atoms with Crippen molar-refractivity contribution in [2.45, 2.75) is 32.5 Å². The summed E-state index contributed by atoms with van der Waals surface area (Å²) >= 11 is 5.74. The molecule has 0 aliphatic rings. The lowest BCUT2D eigenvalue weighted by molar-refractivity contribution is -0.203. The first kappa shape index (κ1) is 13.3.